The lowest BCUT2D eigenvalue weighted by atomic mass is 9.85. The van der Waals surface area contributed by atoms with E-state index in [0.29, 0.717) is 0 Å². The average molecular weight is 262 g/mol. The summed E-state index contributed by atoms with van der Waals surface area (Å²) >= 11 is 0. The normalized spacial score (nSPS) is 13.8. The van der Waals surface area contributed by atoms with Crippen molar-refractivity contribution in [2.24, 2.45) is 5.41 Å². The third kappa shape index (κ3) is 5.33. The minimum atomic E-state index is -0.269. The Bertz CT molecular complexity index is 413. The maximum atomic E-state index is 12.4. The monoisotopic (exact) mass is 262 g/mol. The van der Waals surface area contributed by atoms with E-state index in [1.165, 1.54) is 0 Å². The van der Waals surface area contributed by atoms with Gasteiger partial charge in [-0.15, -0.1) is 0 Å². The number of carbonyl (C=O) groups excluding carboxylic acids is 1. The van der Waals surface area contributed by atoms with Gasteiger partial charge in [0.15, 0.2) is 0 Å². The van der Waals surface area contributed by atoms with Gasteiger partial charge in [-0.3, -0.25) is 4.79 Å². The summed E-state index contributed by atoms with van der Waals surface area (Å²) in [4.78, 5) is 12.4. The van der Waals surface area contributed by atoms with Crippen LogP contribution in [0.15, 0.2) is 30.3 Å². The topological polar surface area (TPSA) is 41.1 Å². The molecule has 0 saturated heterocycles. The second-order valence-corrected chi connectivity index (χ2v) is 7.05. The number of hydrogen-bond donors (Lipinski definition) is 2. The number of anilines is 1. The van der Waals surface area contributed by atoms with Crippen molar-refractivity contribution in [2.45, 2.75) is 53.1 Å². The Morgan fingerprint density at radius 3 is 1.95 bits per heavy atom. The van der Waals surface area contributed by atoms with E-state index in [4.69, 9.17) is 0 Å². The second kappa shape index (κ2) is 5.64. The van der Waals surface area contributed by atoms with Gasteiger partial charge >= 0.3 is 0 Å². The molecule has 0 aromatic heterocycles. The smallest absolute Gasteiger partial charge is 0.243 e. The van der Waals surface area contributed by atoms with Crippen molar-refractivity contribution in [3.8, 4) is 0 Å². The highest BCUT2D eigenvalue weighted by atomic mass is 16.2. The van der Waals surface area contributed by atoms with Crippen molar-refractivity contribution in [1.29, 1.82) is 0 Å². The molecule has 0 fully saturated rings. The molecule has 0 unspecified atom stereocenters. The van der Waals surface area contributed by atoms with Crippen molar-refractivity contribution in [3.05, 3.63) is 30.3 Å². The molecule has 3 heteroatoms. The summed E-state index contributed by atoms with van der Waals surface area (Å²) in [7, 11) is 0. The summed E-state index contributed by atoms with van der Waals surface area (Å²) in [5.41, 5.74) is 0.580. The van der Waals surface area contributed by atoms with Gasteiger partial charge in [-0.05, 0) is 38.3 Å². The zero-order chi connectivity index (χ0) is 14.7. The molecule has 1 aromatic rings. The SMILES string of the molecule is CC(C)(C)NC(=O)[C@@H](Nc1ccccc1)C(C)(C)C. The number of hydrogen-bond acceptors (Lipinski definition) is 2. The number of benzene rings is 1. The fourth-order valence-electron chi connectivity index (χ4n) is 1.82. The van der Waals surface area contributed by atoms with Crippen molar-refractivity contribution in [2.75, 3.05) is 5.32 Å². The zero-order valence-corrected chi connectivity index (χ0v) is 12.9. The van der Waals surface area contributed by atoms with E-state index in [1.54, 1.807) is 0 Å². The molecule has 0 spiro atoms. The molecule has 1 rings (SSSR count). The molecule has 106 valence electrons. The lowest BCUT2D eigenvalue weighted by Crippen LogP contribution is -2.52. The average Bonchev–Trinajstić information content (AvgIpc) is 2.23. The molecule has 0 saturated carbocycles. The van der Waals surface area contributed by atoms with Gasteiger partial charge < -0.3 is 10.6 Å². The van der Waals surface area contributed by atoms with Crippen LogP contribution in [-0.2, 0) is 4.79 Å². The van der Waals surface area contributed by atoms with Crippen LogP contribution in [0.25, 0.3) is 0 Å². The predicted octanol–water partition coefficient (Wildman–Crippen LogP) is 3.43. The molecule has 0 bridgehead atoms. The zero-order valence-electron chi connectivity index (χ0n) is 12.9. The summed E-state index contributed by atoms with van der Waals surface area (Å²) in [6.45, 7) is 12.2. The van der Waals surface area contributed by atoms with Crippen molar-refractivity contribution >= 4 is 11.6 Å². The molecule has 0 aliphatic heterocycles. The molecule has 1 aromatic carbocycles. The molecule has 1 amide bonds. The summed E-state index contributed by atoms with van der Waals surface area (Å²) in [5, 5.41) is 6.37. The van der Waals surface area contributed by atoms with Crippen LogP contribution in [0.1, 0.15) is 41.5 Å². The fraction of sp³-hybridized carbons (Fsp3) is 0.562. The molecular formula is C16H26N2O. The lowest BCUT2D eigenvalue weighted by Gasteiger charge is -2.33. The van der Waals surface area contributed by atoms with Gasteiger partial charge in [0, 0.05) is 11.2 Å². The van der Waals surface area contributed by atoms with E-state index < -0.39 is 0 Å². The van der Waals surface area contributed by atoms with Crippen LogP contribution in [0, 0.1) is 5.41 Å². The van der Waals surface area contributed by atoms with Crippen LogP contribution in [0.4, 0.5) is 5.69 Å². The lowest BCUT2D eigenvalue weighted by molar-refractivity contribution is -0.125. The van der Waals surface area contributed by atoms with Gasteiger partial charge in [0.2, 0.25) is 5.91 Å². The van der Waals surface area contributed by atoms with Gasteiger partial charge in [-0.1, -0.05) is 39.0 Å². The molecule has 0 radical (unpaired) electrons. The Labute approximate surface area is 116 Å². The minimum Gasteiger partial charge on any atom is -0.373 e. The van der Waals surface area contributed by atoms with E-state index in [-0.39, 0.29) is 22.9 Å². The van der Waals surface area contributed by atoms with Gasteiger partial charge in [-0.25, -0.2) is 0 Å². The number of amides is 1. The first kappa shape index (κ1) is 15.5. The summed E-state index contributed by atoms with van der Waals surface area (Å²) in [6.07, 6.45) is 0. The molecular weight excluding hydrogens is 236 g/mol. The van der Waals surface area contributed by atoms with Gasteiger partial charge in [0.05, 0.1) is 0 Å². The van der Waals surface area contributed by atoms with E-state index >= 15 is 0 Å². The van der Waals surface area contributed by atoms with E-state index in [0.717, 1.165) is 5.69 Å². The Balaban J connectivity index is 2.88. The number of para-hydroxylation sites is 1. The van der Waals surface area contributed by atoms with Gasteiger partial charge in [0.25, 0.3) is 0 Å². The molecule has 3 nitrogen and oxygen atoms in total. The summed E-state index contributed by atoms with van der Waals surface area (Å²) < 4.78 is 0. The minimum absolute atomic E-state index is 0.0313. The van der Waals surface area contributed by atoms with Crippen LogP contribution in [0.5, 0.6) is 0 Å². The maximum absolute atomic E-state index is 12.4. The first-order chi connectivity index (χ1) is 8.59. The molecule has 0 aliphatic carbocycles. The van der Waals surface area contributed by atoms with Crippen LogP contribution in [-0.4, -0.2) is 17.5 Å². The molecule has 1 atom stereocenters. The molecule has 2 N–H and O–H groups in total. The highest BCUT2D eigenvalue weighted by Gasteiger charge is 2.32. The van der Waals surface area contributed by atoms with Gasteiger partial charge in [0.1, 0.15) is 6.04 Å². The Morgan fingerprint density at radius 2 is 1.53 bits per heavy atom. The molecule has 0 aliphatic rings. The van der Waals surface area contributed by atoms with E-state index in [1.807, 2.05) is 51.1 Å². The Morgan fingerprint density at radius 1 is 1.00 bits per heavy atom. The highest BCUT2D eigenvalue weighted by Crippen LogP contribution is 2.24. The number of rotatable bonds is 3. The maximum Gasteiger partial charge on any atom is 0.243 e. The standard InChI is InChI=1S/C16H26N2O/c1-15(2,3)13(14(19)18-16(4,5)6)17-12-10-8-7-9-11-12/h7-11,13,17H,1-6H3,(H,18,19)/t13-/m1/s1. The van der Waals surface area contributed by atoms with Gasteiger partial charge in [-0.2, -0.15) is 0 Å². The molecule has 19 heavy (non-hydrogen) atoms. The first-order valence-electron chi connectivity index (χ1n) is 6.73. The van der Waals surface area contributed by atoms with E-state index in [9.17, 15) is 4.79 Å². The number of nitrogens with one attached hydrogen (secondary N) is 2. The largest absolute Gasteiger partial charge is 0.373 e. The van der Waals surface area contributed by atoms with Crippen molar-refractivity contribution in [1.82, 2.24) is 5.32 Å². The third-order valence-corrected chi connectivity index (χ3v) is 2.71. The molecule has 0 heterocycles. The Hall–Kier alpha value is -1.51. The third-order valence-electron chi connectivity index (χ3n) is 2.71. The second-order valence-electron chi connectivity index (χ2n) is 7.05. The fourth-order valence-corrected chi connectivity index (χ4v) is 1.82. The first-order valence-corrected chi connectivity index (χ1v) is 6.73. The predicted molar refractivity (Wildman–Crippen MR) is 81.2 cm³/mol. The van der Waals surface area contributed by atoms with Crippen molar-refractivity contribution in [3.63, 3.8) is 0 Å². The number of carbonyl (C=O) groups is 1. The summed E-state index contributed by atoms with van der Waals surface area (Å²) in [5.74, 6) is 0.0313. The van der Waals surface area contributed by atoms with E-state index in [2.05, 4.69) is 31.4 Å². The van der Waals surface area contributed by atoms with Crippen LogP contribution < -0.4 is 10.6 Å². The van der Waals surface area contributed by atoms with Crippen LogP contribution in [0.3, 0.4) is 0 Å². The quantitative estimate of drug-likeness (QED) is 0.876. The van der Waals surface area contributed by atoms with Crippen molar-refractivity contribution < 1.29 is 4.79 Å². The van der Waals surface area contributed by atoms with Crippen LogP contribution >= 0.6 is 0 Å². The summed E-state index contributed by atoms with van der Waals surface area (Å²) in [6, 6.07) is 9.57. The highest BCUT2D eigenvalue weighted by molar-refractivity contribution is 5.86. The van der Waals surface area contributed by atoms with Crippen LogP contribution in [0.2, 0.25) is 0 Å². The Kier molecular flexibility index (Phi) is 4.61.